The van der Waals surface area contributed by atoms with Crippen molar-refractivity contribution in [1.29, 1.82) is 0 Å². The van der Waals surface area contributed by atoms with E-state index in [1.165, 1.54) is 31.1 Å². The molecule has 1 saturated heterocycles. The van der Waals surface area contributed by atoms with Crippen molar-refractivity contribution in [2.45, 2.75) is 23.4 Å². The van der Waals surface area contributed by atoms with Gasteiger partial charge in [-0.25, -0.2) is 13.2 Å². The van der Waals surface area contributed by atoms with Gasteiger partial charge in [0.05, 0.1) is 50.6 Å². The second kappa shape index (κ2) is 16.5. The summed E-state index contributed by atoms with van der Waals surface area (Å²) in [7, 11) is -1.53. The highest BCUT2D eigenvalue weighted by Crippen LogP contribution is 2.33. The minimum atomic E-state index is -4.47. The summed E-state index contributed by atoms with van der Waals surface area (Å²) in [4.78, 5) is 38.2. The average molecular weight is 588 g/mol. The molecule has 17 nitrogen and oxygen atoms in total. The fourth-order valence-corrected chi connectivity index (χ4v) is 5.55. The van der Waals surface area contributed by atoms with E-state index in [9.17, 15) is 28.1 Å². The number of carbonyl (C=O) groups excluding carboxylic acids is 2. The molecule has 2 amide bonds. The van der Waals surface area contributed by atoms with E-state index >= 15 is 0 Å². The van der Waals surface area contributed by atoms with Crippen molar-refractivity contribution in [3.8, 4) is 0 Å². The minimum Gasteiger partial charge on any atom is -0.447 e. The average Bonchev–Trinajstić information content (AvgIpc) is 3.37. The van der Waals surface area contributed by atoms with Gasteiger partial charge in [-0.05, 0) is 18.0 Å². The first-order chi connectivity index (χ1) is 19.1. The number of alkyl carbamates (subject to hydrolysis) is 1. The summed E-state index contributed by atoms with van der Waals surface area (Å²) in [6.07, 6.45) is -0.604. The Morgan fingerprint density at radius 2 is 1.75 bits per heavy atom. The summed E-state index contributed by atoms with van der Waals surface area (Å²) in [5.74, 6) is -0.560. The van der Waals surface area contributed by atoms with Gasteiger partial charge in [0.15, 0.2) is 4.90 Å². The van der Waals surface area contributed by atoms with Crippen LogP contribution in [0.15, 0.2) is 34.3 Å². The van der Waals surface area contributed by atoms with Crippen molar-refractivity contribution in [3.05, 3.63) is 44.8 Å². The van der Waals surface area contributed by atoms with E-state index in [0.717, 1.165) is 16.4 Å². The Morgan fingerprint density at radius 1 is 1.15 bits per heavy atom. The van der Waals surface area contributed by atoms with Gasteiger partial charge in [-0.15, -0.1) is 0 Å². The molecule has 0 unspecified atom stereocenters. The second-order valence-corrected chi connectivity index (χ2v) is 10.3. The summed E-state index contributed by atoms with van der Waals surface area (Å²) in [6, 6.07) is 2.83. The highest BCUT2D eigenvalue weighted by atomic mass is 32.2. The van der Waals surface area contributed by atoms with E-state index in [1.807, 2.05) is 0 Å². The first-order valence-electron chi connectivity index (χ1n) is 12.3. The maximum Gasteiger partial charge on any atom is 0.406 e. The van der Waals surface area contributed by atoms with Gasteiger partial charge in [0.25, 0.3) is 15.7 Å². The molecule has 0 aromatic heterocycles. The lowest BCUT2D eigenvalue weighted by Crippen LogP contribution is -2.47. The van der Waals surface area contributed by atoms with E-state index in [-0.39, 0.29) is 52.5 Å². The number of benzene rings is 1. The number of azide groups is 1. The Morgan fingerprint density at radius 3 is 2.35 bits per heavy atom. The van der Waals surface area contributed by atoms with Crippen LogP contribution in [0.5, 0.6) is 0 Å². The van der Waals surface area contributed by atoms with E-state index in [1.54, 1.807) is 0 Å². The zero-order valence-electron chi connectivity index (χ0n) is 22.2. The third-order valence-corrected chi connectivity index (χ3v) is 7.66. The van der Waals surface area contributed by atoms with Crippen molar-refractivity contribution in [3.63, 3.8) is 0 Å². The molecule has 0 saturated carbocycles. The number of hydrogen-bond donors (Lipinski definition) is 1. The van der Waals surface area contributed by atoms with Crippen LogP contribution in [-0.4, -0.2) is 120 Å². The Labute approximate surface area is 231 Å². The van der Waals surface area contributed by atoms with Gasteiger partial charge in [0.1, 0.15) is 12.6 Å². The molecule has 18 heteroatoms. The molecule has 1 heterocycles. The molecule has 2 atom stereocenters. The molecule has 222 valence electrons. The SMILES string of the molecule is CNC(=O)OCCOCCOCCOCCN(C)C(=O)[C@@H]1C[C@H](N=[N+]=[N-])CN1S(=O)(=O)c1ccccc1[N+](=O)[O-]. The normalized spacial score (nSPS) is 17.1. The van der Waals surface area contributed by atoms with Crippen LogP contribution in [0, 0.1) is 10.1 Å². The molecule has 0 aliphatic carbocycles. The number of carbonyl (C=O) groups is 2. The lowest BCUT2D eigenvalue weighted by Gasteiger charge is -2.27. The second-order valence-electron chi connectivity index (χ2n) is 8.39. The van der Waals surface area contributed by atoms with Gasteiger partial charge in [-0.3, -0.25) is 14.9 Å². The maximum absolute atomic E-state index is 13.4. The van der Waals surface area contributed by atoms with E-state index in [4.69, 9.17) is 24.5 Å². The third-order valence-electron chi connectivity index (χ3n) is 5.74. The largest absolute Gasteiger partial charge is 0.447 e. The molecule has 1 fully saturated rings. The standard InChI is InChI=1S/C22H33N7O10S/c1-24-22(31)39-14-13-38-12-11-37-10-9-36-8-7-27(2)21(30)19-15-17(25-26-23)16-28(19)40(34,35)20-6-4-3-5-18(20)29(32)33/h3-6,17,19H,7-16H2,1-2H3,(H,24,31)/t17-,19-/m0/s1. The van der Waals surface area contributed by atoms with Gasteiger partial charge in [0.2, 0.25) is 5.91 Å². The van der Waals surface area contributed by atoms with Crippen LogP contribution in [0.2, 0.25) is 0 Å². The molecule has 0 bridgehead atoms. The molecule has 1 aliphatic rings. The fourth-order valence-electron chi connectivity index (χ4n) is 3.76. The predicted molar refractivity (Wildman–Crippen MR) is 139 cm³/mol. The van der Waals surface area contributed by atoms with Crippen molar-refractivity contribution in [2.75, 3.05) is 73.4 Å². The van der Waals surface area contributed by atoms with Crippen molar-refractivity contribution in [2.24, 2.45) is 5.11 Å². The first kappa shape index (κ1) is 32.7. The zero-order chi connectivity index (χ0) is 29.5. The van der Waals surface area contributed by atoms with Crippen molar-refractivity contribution in [1.82, 2.24) is 14.5 Å². The Balaban J connectivity index is 1.83. The minimum absolute atomic E-state index is 0.0677. The smallest absolute Gasteiger partial charge is 0.406 e. The predicted octanol–water partition coefficient (Wildman–Crippen LogP) is 0.901. The topological polar surface area (TPSA) is 216 Å². The highest BCUT2D eigenvalue weighted by Gasteiger charge is 2.46. The van der Waals surface area contributed by atoms with Gasteiger partial charge in [-0.2, -0.15) is 4.31 Å². The Hall–Kier alpha value is -3.54. The molecule has 2 rings (SSSR count). The summed E-state index contributed by atoms with van der Waals surface area (Å²) in [6.45, 7) is 1.46. The monoisotopic (exact) mass is 587 g/mol. The van der Waals surface area contributed by atoms with E-state index in [2.05, 4.69) is 15.3 Å². The van der Waals surface area contributed by atoms with Gasteiger partial charge < -0.3 is 29.2 Å². The van der Waals surface area contributed by atoms with E-state index < -0.39 is 49.6 Å². The summed E-state index contributed by atoms with van der Waals surface area (Å²) < 4.78 is 48.5. The number of hydrogen-bond acceptors (Lipinski definition) is 11. The Kier molecular flexibility index (Phi) is 13.5. The molecule has 0 spiro atoms. The fraction of sp³-hybridized carbons (Fsp3) is 0.636. The maximum atomic E-state index is 13.4. The number of amides is 2. The number of ether oxygens (including phenoxy) is 4. The highest BCUT2D eigenvalue weighted by molar-refractivity contribution is 7.89. The van der Waals surface area contributed by atoms with Crippen LogP contribution in [0.4, 0.5) is 10.5 Å². The number of para-hydroxylation sites is 1. The molecule has 1 aliphatic heterocycles. The molecule has 40 heavy (non-hydrogen) atoms. The number of nitro benzene ring substituents is 1. The molecule has 1 aromatic carbocycles. The Bertz CT molecular complexity index is 1160. The van der Waals surface area contributed by atoms with Gasteiger partial charge in [0, 0.05) is 38.2 Å². The number of sulfonamides is 1. The molecular weight excluding hydrogens is 554 g/mol. The number of rotatable bonds is 17. The van der Waals surface area contributed by atoms with Crippen LogP contribution in [0.3, 0.4) is 0 Å². The zero-order valence-corrected chi connectivity index (χ0v) is 23.0. The van der Waals surface area contributed by atoms with Crippen molar-refractivity contribution >= 4 is 27.7 Å². The first-order valence-corrected chi connectivity index (χ1v) is 13.7. The molecule has 1 aromatic rings. The van der Waals surface area contributed by atoms with Crippen LogP contribution < -0.4 is 5.32 Å². The van der Waals surface area contributed by atoms with Crippen LogP contribution in [0.25, 0.3) is 10.4 Å². The number of nitrogens with one attached hydrogen (secondary N) is 1. The van der Waals surface area contributed by atoms with Crippen LogP contribution >= 0.6 is 0 Å². The van der Waals surface area contributed by atoms with Crippen LogP contribution in [-0.2, 0) is 33.8 Å². The third kappa shape index (κ3) is 9.58. The lowest BCUT2D eigenvalue weighted by atomic mass is 10.1. The molecule has 0 radical (unpaired) electrons. The lowest BCUT2D eigenvalue weighted by molar-refractivity contribution is -0.387. The molecule has 1 N–H and O–H groups in total. The quantitative estimate of drug-likeness (QED) is 0.0678. The van der Waals surface area contributed by atoms with E-state index in [0.29, 0.717) is 13.2 Å². The van der Waals surface area contributed by atoms with Gasteiger partial charge >= 0.3 is 6.09 Å². The van der Waals surface area contributed by atoms with Crippen molar-refractivity contribution < 1.29 is 41.9 Å². The number of nitrogens with zero attached hydrogens (tertiary/aromatic N) is 6. The van der Waals surface area contributed by atoms with Gasteiger partial charge in [-0.1, -0.05) is 17.2 Å². The summed E-state index contributed by atoms with van der Waals surface area (Å²) >= 11 is 0. The number of nitro groups is 1. The molecular formula is C22H33N7O10S. The summed E-state index contributed by atoms with van der Waals surface area (Å²) in [5.41, 5.74) is 8.21. The number of likely N-dealkylation sites (N-methyl/N-ethyl adjacent to an activating group) is 1. The summed E-state index contributed by atoms with van der Waals surface area (Å²) in [5, 5.41) is 17.3. The van der Waals surface area contributed by atoms with Crippen LogP contribution in [0.1, 0.15) is 6.42 Å².